The van der Waals surface area contributed by atoms with Crippen molar-refractivity contribution in [2.45, 2.75) is 0 Å². The molecule has 3 heterocycles. The summed E-state index contributed by atoms with van der Waals surface area (Å²) in [6.45, 7) is 0. The van der Waals surface area contributed by atoms with E-state index in [0.717, 1.165) is 38.9 Å². The lowest BCUT2D eigenvalue weighted by Gasteiger charge is -2.02. The standard InChI is InChI=1S/C20H14N4/c1-3-7-18-14(5-1)16(11-21-18)13-9-23-20(24-10-13)17-12-22-19-8-4-2-6-15(17)19/h1-12,21-22H. The molecule has 2 N–H and O–H groups in total. The van der Waals surface area contributed by atoms with Crippen LogP contribution >= 0.6 is 0 Å². The molecule has 0 bridgehead atoms. The van der Waals surface area contributed by atoms with Crippen molar-refractivity contribution < 1.29 is 0 Å². The number of nitrogens with zero attached hydrogens (tertiary/aromatic N) is 2. The fourth-order valence-corrected chi connectivity index (χ4v) is 3.17. The van der Waals surface area contributed by atoms with Crippen molar-refractivity contribution in [2.24, 2.45) is 0 Å². The van der Waals surface area contributed by atoms with Crippen molar-refractivity contribution in [1.82, 2.24) is 19.9 Å². The number of hydrogen-bond acceptors (Lipinski definition) is 2. The molecule has 5 aromatic rings. The molecular weight excluding hydrogens is 296 g/mol. The van der Waals surface area contributed by atoms with Crippen LogP contribution in [0, 0.1) is 0 Å². The Morgan fingerprint density at radius 3 is 1.83 bits per heavy atom. The second-order valence-electron chi connectivity index (χ2n) is 5.79. The third-order valence-electron chi connectivity index (χ3n) is 4.38. The number of para-hydroxylation sites is 2. The molecule has 4 nitrogen and oxygen atoms in total. The van der Waals surface area contributed by atoms with Crippen LogP contribution in [0.25, 0.3) is 44.3 Å². The zero-order chi connectivity index (χ0) is 15.9. The summed E-state index contributed by atoms with van der Waals surface area (Å²) in [5, 5.41) is 2.32. The number of hydrogen-bond donors (Lipinski definition) is 2. The van der Waals surface area contributed by atoms with E-state index in [9.17, 15) is 0 Å². The van der Waals surface area contributed by atoms with E-state index in [-0.39, 0.29) is 0 Å². The molecule has 0 saturated carbocycles. The topological polar surface area (TPSA) is 57.4 Å². The monoisotopic (exact) mass is 310 g/mol. The summed E-state index contributed by atoms with van der Waals surface area (Å²) in [5.41, 5.74) is 5.37. The van der Waals surface area contributed by atoms with Gasteiger partial charge in [0.25, 0.3) is 0 Å². The predicted octanol–water partition coefficient (Wildman–Crippen LogP) is 4.77. The first kappa shape index (κ1) is 13.1. The lowest BCUT2D eigenvalue weighted by atomic mass is 10.1. The third-order valence-corrected chi connectivity index (χ3v) is 4.38. The molecule has 0 saturated heterocycles. The van der Waals surface area contributed by atoms with Gasteiger partial charge < -0.3 is 9.97 Å². The Hall–Kier alpha value is -3.40. The van der Waals surface area contributed by atoms with Crippen LogP contribution in [0.4, 0.5) is 0 Å². The highest BCUT2D eigenvalue weighted by molar-refractivity contribution is 5.96. The van der Waals surface area contributed by atoms with Crippen molar-refractivity contribution in [2.75, 3.05) is 0 Å². The fraction of sp³-hybridized carbons (Fsp3) is 0. The Balaban J connectivity index is 1.60. The molecule has 0 aliphatic rings. The van der Waals surface area contributed by atoms with Gasteiger partial charge in [0.1, 0.15) is 0 Å². The van der Waals surface area contributed by atoms with Gasteiger partial charge in [-0.2, -0.15) is 0 Å². The fourth-order valence-electron chi connectivity index (χ4n) is 3.17. The van der Waals surface area contributed by atoms with Crippen LogP contribution in [0.3, 0.4) is 0 Å². The summed E-state index contributed by atoms with van der Waals surface area (Å²) in [4.78, 5) is 15.7. The van der Waals surface area contributed by atoms with Gasteiger partial charge in [-0.25, -0.2) is 9.97 Å². The average molecular weight is 310 g/mol. The Morgan fingerprint density at radius 2 is 1.17 bits per heavy atom. The Morgan fingerprint density at radius 1 is 0.625 bits per heavy atom. The van der Waals surface area contributed by atoms with Gasteiger partial charge in [-0.15, -0.1) is 0 Å². The molecule has 2 aromatic carbocycles. The van der Waals surface area contributed by atoms with E-state index < -0.39 is 0 Å². The van der Waals surface area contributed by atoms with Gasteiger partial charge in [0.05, 0.1) is 0 Å². The first-order valence-corrected chi connectivity index (χ1v) is 7.85. The Labute approximate surface area is 138 Å². The van der Waals surface area contributed by atoms with Gasteiger partial charge in [-0.1, -0.05) is 36.4 Å². The predicted molar refractivity (Wildman–Crippen MR) is 96.6 cm³/mol. The maximum atomic E-state index is 4.59. The second kappa shape index (κ2) is 5.06. The van der Waals surface area contributed by atoms with Crippen LogP contribution in [-0.4, -0.2) is 19.9 Å². The highest BCUT2D eigenvalue weighted by atomic mass is 14.9. The Kier molecular flexibility index (Phi) is 2.76. The molecular formula is C20H14N4. The number of rotatable bonds is 2. The van der Waals surface area contributed by atoms with Gasteiger partial charge >= 0.3 is 0 Å². The van der Waals surface area contributed by atoms with Crippen LogP contribution in [0.1, 0.15) is 0 Å². The molecule has 0 aliphatic carbocycles. The third kappa shape index (κ3) is 1.93. The summed E-state index contributed by atoms with van der Waals surface area (Å²) in [6.07, 6.45) is 7.75. The molecule has 0 unspecified atom stereocenters. The zero-order valence-electron chi connectivity index (χ0n) is 12.8. The second-order valence-corrected chi connectivity index (χ2v) is 5.79. The number of H-pyrrole nitrogens is 2. The SMILES string of the molecule is c1ccc2c(-c3cnc(-c4c[nH]c5ccccc45)nc3)c[nH]c2c1. The molecule has 114 valence electrons. The van der Waals surface area contributed by atoms with E-state index in [4.69, 9.17) is 0 Å². The molecule has 0 fully saturated rings. The minimum atomic E-state index is 0.732. The van der Waals surface area contributed by atoms with E-state index >= 15 is 0 Å². The number of fused-ring (bicyclic) bond motifs is 2. The summed E-state index contributed by atoms with van der Waals surface area (Å²) in [7, 11) is 0. The molecule has 24 heavy (non-hydrogen) atoms. The van der Waals surface area contributed by atoms with E-state index in [1.807, 2.05) is 49.1 Å². The Bertz CT molecular complexity index is 1060. The largest absolute Gasteiger partial charge is 0.361 e. The van der Waals surface area contributed by atoms with Gasteiger partial charge in [-0.05, 0) is 12.1 Å². The van der Waals surface area contributed by atoms with Crippen LogP contribution in [0.2, 0.25) is 0 Å². The highest BCUT2D eigenvalue weighted by Crippen LogP contribution is 2.30. The lowest BCUT2D eigenvalue weighted by molar-refractivity contribution is 1.18. The summed E-state index contributed by atoms with van der Waals surface area (Å²) in [6, 6.07) is 16.4. The van der Waals surface area contributed by atoms with Crippen molar-refractivity contribution in [3.8, 4) is 22.5 Å². The molecule has 0 amide bonds. The van der Waals surface area contributed by atoms with E-state index in [2.05, 4.69) is 44.2 Å². The first-order valence-electron chi connectivity index (χ1n) is 7.85. The summed E-state index contributed by atoms with van der Waals surface area (Å²) < 4.78 is 0. The maximum Gasteiger partial charge on any atom is 0.161 e. The normalized spacial score (nSPS) is 11.3. The molecule has 0 atom stereocenters. The summed E-state index contributed by atoms with van der Waals surface area (Å²) in [5.74, 6) is 0.732. The van der Waals surface area contributed by atoms with Crippen molar-refractivity contribution in [1.29, 1.82) is 0 Å². The number of nitrogens with one attached hydrogen (secondary N) is 2. The zero-order valence-corrected chi connectivity index (χ0v) is 12.8. The van der Waals surface area contributed by atoms with Gasteiger partial charge in [0.2, 0.25) is 0 Å². The van der Waals surface area contributed by atoms with Crippen LogP contribution in [0.5, 0.6) is 0 Å². The highest BCUT2D eigenvalue weighted by Gasteiger charge is 2.10. The van der Waals surface area contributed by atoms with Crippen molar-refractivity contribution >= 4 is 21.8 Å². The van der Waals surface area contributed by atoms with Gasteiger partial charge in [0.15, 0.2) is 5.82 Å². The number of aromatic nitrogens is 4. The van der Waals surface area contributed by atoms with E-state index in [0.29, 0.717) is 0 Å². The molecule has 4 heteroatoms. The molecule has 3 aromatic heterocycles. The number of benzene rings is 2. The molecule has 0 radical (unpaired) electrons. The quantitative estimate of drug-likeness (QED) is 0.493. The first-order chi connectivity index (χ1) is 11.9. The van der Waals surface area contributed by atoms with Crippen LogP contribution in [0.15, 0.2) is 73.3 Å². The van der Waals surface area contributed by atoms with Gasteiger partial charge in [0, 0.05) is 63.3 Å². The molecule has 0 aliphatic heterocycles. The summed E-state index contributed by atoms with van der Waals surface area (Å²) >= 11 is 0. The molecule has 5 rings (SSSR count). The minimum Gasteiger partial charge on any atom is -0.361 e. The van der Waals surface area contributed by atoms with E-state index in [1.54, 1.807) is 0 Å². The van der Waals surface area contributed by atoms with Crippen LogP contribution < -0.4 is 0 Å². The van der Waals surface area contributed by atoms with Crippen molar-refractivity contribution in [3.05, 3.63) is 73.3 Å². The average Bonchev–Trinajstić information content (AvgIpc) is 3.26. The van der Waals surface area contributed by atoms with Crippen LogP contribution in [-0.2, 0) is 0 Å². The number of aromatic amines is 2. The molecule has 0 spiro atoms. The van der Waals surface area contributed by atoms with Crippen molar-refractivity contribution in [3.63, 3.8) is 0 Å². The maximum absolute atomic E-state index is 4.59. The minimum absolute atomic E-state index is 0.732. The smallest absolute Gasteiger partial charge is 0.161 e. The van der Waals surface area contributed by atoms with Gasteiger partial charge in [-0.3, -0.25) is 0 Å². The lowest BCUT2D eigenvalue weighted by Crippen LogP contribution is -1.88. The van der Waals surface area contributed by atoms with E-state index in [1.165, 1.54) is 5.39 Å².